The van der Waals surface area contributed by atoms with E-state index in [1.807, 2.05) is 0 Å². The molecule has 2 aromatic carbocycles. The van der Waals surface area contributed by atoms with Gasteiger partial charge in [-0.2, -0.15) is 13.2 Å². The van der Waals surface area contributed by atoms with E-state index in [0.29, 0.717) is 0 Å². The largest absolute Gasteiger partial charge is 0.478 e. The highest BCUT2D eigenvalue weighted by atomic mass is 35.5. The number of carbonyl (C=O) groups is 2. The molecule has 0 unspecified atom stereocenters. The van der Waals surface area contributed by atoms with Gasteiger partial charge in [-0.15, -0.1) is 23.2 Å². The third kappa shape index (κ3) is 4.15. The van der Waals surface area contributed by atoms with Gasteiger partial charge in [-0.1, -0.05) is 17.7 Å². The SMILES string of the molecule is O=C(O)c1cc(NC(=O)[C@H]2[C@H](c3ccc(Cl)c(C(F)(F)F)c3)C2(Cl)Cl)ccc1F. The minimum atomic E-state index is -4.71. The summed E-state index contributed by atoms with van der Waals surface area (Å²) in [6, 6.07) is 5.99. The van der Waals surface area contributed by atoms with Crippen LogP contribution in [0, 0.1) is 11.7 Å². The molecule has 1 amide bonds. The van der Waals surface area contributed by atoms with Crippen LogP contribution in [0.25, 0.3) is 0 Å². The van der Waals surface area contributed by atoms with E-state index in [4.69, 9.17) is 39.9 Å². The number of rotatable bonds is 4. The van der Waals surface area contributed by atoms with Crippen LogP contribution in [0.3, 0.4) is 0 Å². The molecule has 0 saturated heterocycles. The van der Waals surface area contributed by atoms with Gasteiger partial charge in [0.05, 0.1) is 22.1 Å². The number of benzene rings is 2. The summed E-state index contributed by atoms with van der Waals surface area (Å²) in [7, 11) is 0. The number of amides is 1. The van der Waals surface area contributed by atoms with Crippen LogP contribution in [0.2, 0.25) is 5.02 Å². The summed E-state index contributed by atoms with van der Waals surface area (Å²) in [6.45, 7) is 0. The average Bonchev–Trinajstić information content (AvgIpc) is 3.18. The van der Waals surface area contributed by atoms with Crippen molar-refractivity contribution in [1.82, 2.24) is 0 Å². The fourth-order valence-electron chi connectivity index (χ4n) is 3.01. The zero-order valence-corrected chi connectivity index (χ0v) is 16.3. The molecule has 2 N–H and O–H groups in total. The maximum Gasteiger partial charge on any atom is 0.417 e. The molecule has 1 aliphatic rings. The van der Waals surface area contributed by atoms with Crippen LogP contribution >= 0.6 is 34.8 Å². The minimum absolute atomic E-state index is 0.0318. The van der Waals surface area contributed by atoms with Gasteiger partial charge in [-0.05, 0) is 35.9 Å². The van der Waals surface area contributed by atoms with E-state index in [0.717, 1.165) is 30.3 Å². The zero-order chi connectivity index (χ0) is 21.7. The van der Waals surface area contributed by atoms with Crippen molar-refractivity contribution in [3.63, 3.8) is 0 Å². The molecule has 154 valence electrons. The number of halogens is 7. The first kappa shape index (κ1) is 21.7. The highest BCUT2D eigenvalue weighted by Crippen LogP contribution is 2.65. The lowest BCUT2D eigenvalue weighted by Crippen LogP contribution is -2.17. The smallest absolute Gasteiger partial charge is 0.417 e. The lowest BCUT2D eigenvalue weighted by atomic mass is 10.0. The highest BCUT2D eigenvalue weighted by Gasteiger charge is 2.67. The Labute approximate surface area is 176 Å². The number of nitrogens with one attached hydrogen (secondary N) is 1. The topological polar surface area (TPSA) is 66.4 Å². The molecule has 4 nitrogen and oxygen atoms in total. The van der Waals surface area contributed by atoms with Gasteiger partial charge < -0.3 is 10.4 Å². The first-order valence-corrected chi connectivity index (χ1v) is 9.05. The van der Waals surface area contributed by atoms with Gasteiger partial charge in [0.15, 0.2) is 0 Å². The number of aromatic carboxylic acids is 1. The standard InChI is InChI=1S/C18H10Cl3F4NO3/c19-11-3-1-7(5-10(11)18(23,24)25)13-14(17(13,20)21)15(27)26-8-2-4-12(22)9(6-8)16(28)29/h1-6,13-14H,(H,26,27)(H,28,29)/t13-,14+/m0/s1. The van der Waals surface area contributed by atoms with E-state index in [1.54, 1.807) is 0 Å². The molecule has 0 spiro atoms. The fourth-order valence-corrected chi connectivity index (χ4v) is 4.06. The molecular formula is C18H10Cl3F4NO3. The lowest BCUT2D eigenvalue weighted by Gasteiger charge is -2.11. The van der Waals surface area contributed by atoms with Gasteiger partial charge in [-0.3, -0.25) is 4.79 Å². The van der Waals surface area contributed by atoms with Gasteiger partial charge in [0.25, 0.3) is 0 Å². The molecule has 29 heavy (non-hydrogen) atoms. The summed E-state index contributed by atoms with van der Waals surface area (Å²) in [5, 5.41) is 10.8. The summed E-state index contributed by atoms with van der Waals surface area (Å²) < 4.78 is 51.0. The number of carbonyl (C=O) groups excluding carboxylic acids is 1. The van der Waals surface area contributed by atoms with E-state index in [-0.39, 0.29) is 11.3 Å². The van der Waals surface area contributed by atoms with Crippen molar-refractivity contribution in [2.75, 3.05) is 5.32 Å². The molecule has 3 rings (SSSR count). The van der Waals surface area contributed by atoms with Crippen molar-refractivity contribution in [2.45, 2.75) is 16.4 Å². The van der Waals surface area contributed by atoms with E-state index in [1.165, 1.54) is 6.07 Å². The predicted molar refractivity (Wildman–Crippen MR) is 99.1 cm³/mol. The van der Waals surface area contributed by atoms with E-state index >= 15 is 0 Å². The van der Waals surface area contributed by atoms with Crippen molar-refractivity contribution >= 4 is 52.4 Å². The summed E-state index contributed by atoms with van der Waals surface area (Å²) in [6.07, 6.45) is -4.71. The maximum atomic E-state index is 13.5. The third-order valence-electron chi connectivity index (χ3n) is 4.46. The first-order chi connectivity index (χ1) is 13.3. The molecule has 1 aliphatic carbocycles. The molecule has 0 heterocycles. The first-order valence-electron chi connectivity index (χ1n) is 7.92. The monoisotopic (exact) mass is 469 g/mol. The number of hydrogen-bond donors (Lipinski definition) is 2. The maximum absolute atomic E-state index is 13.5. The molecule has 1 fully saturated rings. The predicted octanol–water partition coefficient (Wildman–Crippen LogP) is 5.72. The van der Waals surface area contributed by atoms with E-state index in [9.17, 15) is 27.2 Å². The van der Waals surface area contributed by atoms with Gasteiger partial charge in [-0.25, -0.2) is 9.18 Å². The van der Waals surface area contributed by atoms with Crippen LogP contribution in [0.15, 0.2) is 36.4 Å². The van der Waals surface area contributed by atoms with Crippen LogP contribution in [-0.4, -0.2) is 21.3 Å². The van der Waals surface area contributed by atoms with Crippen molar-refractivity contribution < 1.29 is 32.3 Å². The summed E-state index contributed by atoms with van der Waals surface area (Å²) in [4.78, 5) is 23.5. The Morgan fingerprint density at radius 1 is 1.10 bits per heavy atom. The number of carboxylic acid groups (broad SMARTS) is 1. The molecule has 0 aliphatic heterocycles. The molecule has 1 saturated carbocycles. The van der Waals surface area contributed by atoms with Crippen molar-refractivity contribution in [3.8, 4) is 0 Å². The van der Waals surface area contributed by atoms with Crippen LogP contribution in [0.1, 0.15) is 27.4 Å². The van der Waals surface area contributed by atoms with Crippen molar-refractivity contribution in [2.24, 2.45) is 5.92 Å². The Morgan fingerprint density at radius 2 is 1.76 bits per heavy atom. The van der Waals surface area contributed by atoms with Crippen LogP contribution in [0.5, 0.6) is 0 Å². The second-order valence-electron chi connectivity index (χ2n) is 6.36. The normalized spacial score (nSPS) is 20.2. The van der Waals surface area contributed by atoms with Gasteiger partial charge >= 0.3 is 12.1 Å². The molecule has 0 radical (unpaired) electrons. The second kappa shape index (κ2) is 7.34. The molecule has 0 bridgehead atoms. The molecular weight excluding hydrogens is 461 g/mol. The Bertz CT molecular complexity index is 1010. The van der Waals surface area contributed by atoms with Crippen LogP contribution < -0.4 is 5.32 Å². The second-order valence-corrected chi connectivity index (χ2v) is 8.21. The number of carboxylic acids is 1. The number of anilines is 1. The quantitative estimate of drug-likeness (QED) is 0.443. The molecule has 11 heteroatoms. The third-order valence-corrected chi connectivity index (χ3v) is 5.73. The van der Waals surface area contributed by atoms with Crippen LogP contribution in [-0.2, 0) is 11.0 Å². The van der Waals surface area contributed by atoms with E-state index in [2.05, 4.69) is 5.32 Å². The Kier molecular flexibility index (Phi) is 5.49. The average molecular weight is 471 g/mol. The fraction of sp³-hybridized carbons (Fsp3) is 0.222. The summed E-state index contributed by atoms with van der Waals surface area (Å²) in [5.41, 5.74) is -1.71. The summed E-state index contributed by atoms with van der Waals surface area (Å²) >= 11 is 17.8. The highest BCUT2D eigenvalue weighted by molar-refractivity contribution is 6.53. The van der Waals surface area contributed by atoms with Crippen molar-refractivity contribution in [3.05, 3.63) is 63.9 Å². The summed E-state index contributed by atoms with van der Waals surface area (Å²) in [5.74, 6) is -5.36. The minimum Gasteiger partial charge on any atom is -0.478 e. The Morgan fingerprint density at radius 3 is 2.34 bits per heavy atom. The Hall–Kier alpha value is -2.03. The van der Waals surface area contributed by atoms with Gasteiger partial charge in [0.1, 0.15) is 10.2 Å². The van der Waals surface area contributed by atoms with Gasteiger partial charge in [0.2, 0.25) is 5.91 Å². The molecule has 2 aromatic rings. The number of alkyl halides is 5. The Balaban J connectivity index is 1.85. The zero-order valence-electron chi connectivity index (χ0n) is 14.0. The lowest BCUT2D eigenvalue weighted by molar-refractivity contribution is -0.137. The van der Waals surface area contributed by atoms with Crippen molar-refractivity contribution in [1.29, 1.82) is 0 Å². The van der Waals surface area contributed by atoms with Crippen LogP contribution in [0.4, 0.5) is 23.2 Å². The molecule has 2 atom stereocenters. The van der Waals surface area contributed by atoms with Gasteiger partial charge in [0, 0.05) is 11.6 Å². The molecule has 0 aromatic heterocycles. The van der Waals surface area contributed by atoms with E-state index < -0.39 is 56.2 Å². The number of hydrogen-bond acceptors (Lipinski definition) is 2.